The highest BCUT2D eigenvalue weighted by Gasteiger charge is 2.48. The Kier molecular flexibility index (Phi) is 8.18. The van der Waals surface area contributed by atoms with Crippen LogP contribution in [0.4, 0.5) is 5.69 Å². The Morgan fingerprint density at radius 3 is 2.06 bits per heavy atom. The molecule has 1 saturated heterocycles. The van der Waals surface area contributed by atoms with E-state index >= 15 is 0 Å². The average Bonchev–Trinajstić information content (AvgIpc) is 3.07. The molecular formula is C24H29IN2O6S. The van der Waals surface area contributed by atoms with Crippen LogP contribution in [0.3, 0.4) is 0 Å². The van der Waals surface area contributed by atoms with E-state index in [1.807, 2.05) is 19.9 Å². The zero-order valence-corrected chi connectivity index (χ0v) is 23.1. The molecule has 1 aliphatic rings. The van der Waals surface area contributed by atoms with Gasteiger partial charge in [0.2, 0.25) is 15.9 Å². The van der Waals surface area contributed by atoms with Crippen LogP contribution in [0.15, 0.2) is 35.2 Å². The Labute approximate surface area is 214 Å². The van der Waals surface area contributed by atoms with Crippen molar-refractivity contribution in [1.29, 1.82) is 0 Å². The van der Waals surface area contributed by atoms with Crippen LogP contribution >= 0.6 is 22.6 Å². The molecule has 34 heavy (non-hydrogen) atoms. The number of hydrogen-bond acceptors (Lipinski definition) is 6. The molecule has 0 aliphatic carbocycles. The van der Waals surface area contributed by atoms with Gasteiger partial charge in [-0.15, -0.1) is 0 Å². The number of carbonyl (C=O) groups excluding carboxylic acids is 2. The molecule has 0 aromatic heterocycles. The molecule has 0 spiro atoms. The average molecular weight is 600 g/mol. The van der Waals surface area contributed by atoms with Crippen molar-refractivity contribution in [3.63, 3.8) is 0 Å². The van der Waals surface area contributed by atoms with Crippen molar-refractivity contribution in [1.82, 2.24) is 4.31 Å². The number of carbonyl (C=O) groups is 2. The minimum absolute atomic E-state index is 0.143. The molecule has 0 N–H and O–H groups in total. The Morgan fingerprint density at radius 2 is 1.56 bits per heavy atom. The predicted octanol–water partition coefficient (Wildman–Crippen LogP) is 3.47. The summed E-state index contributed by atoms with van der Waals surface area (Å²) in [5.41, 5.74) is 3.26. The second-order valence-corrected chi connectivity index (χ2v) is 11.4. The van der Waals surface area contributed by atoms with Crippen LogP contribution in [0.2, 0.25) is 0 Å². The number of methoxy groups -OCH3 is 2. The van der Waals surface area contributed by atoms with E-state index in [2.05, 4.69) is 22.6 Å². The number of amides is 2. The first-order valence-electron chi connectivity index (χ1n) is 10.7. The molecule has 1 heterocycles. The van der Waals surface area contributed by atoms with Gasteiger partial charge in [-0.2, -0.15) is 4.31 Å². The van der Waals surface area contributed by atoms with Gasteiger partial charge >= 0.3 is 0 Å². The van der Waals surface area contributed by atoms with Crippen LogP contribution in [0.1, 0.15) is 28.7 Å². The lowest BCUT2D eigenvalue weighted by Gasteiger charge is -2.31. The van der Waals surface area contributed by atoms with Crippen LogP contribution < -0.4 is 4.90 Å². The zero-order chi connectivity index (χ0) is 25.4. The molecule has 2 amide bonds. The maximum Gasteiger partial charge on any atom is 0.252 e. The van der Waals surface area contributed by atoms with Gasteiger partial charge in [0, 0.05) is 17.8 Å². The maximum absolute atomic E-state index is 14.1. The fourth-order valence-corrected chi connectivity index (χ4v) is 6.68. The summed E-state index contributed by atoms with van der Waals surface area (Å²) >= 11 is 2.13. The topological polar surface area (TPSA) is 93.2 Å². The molecule has 1 unspecified atom stereocenters. The molecule has 0 saturated carbocycles. The predicted molar refractivity (Wildman–Crippen MR) is 137 cm³/mol. The Morgan fingerprint density at radius 1 is 1.03 bits per heavy atom. The first-order chi connectivity index (χ1) is 15.9. The number of nitrogens with zero attached hydrogens (tertiary/aromatic N) is 2. The van der Waals surface area contributed by atoms with Crippen molar-refractivity contribution in [2.75, 3.05) is 25.7 Å². The Bertz CT molecular complexity index is 1180. The third kappa shape index (κ3) is 4.92. The van der Waals surface area contributed by atoms with Crippen molar-refractivity contribution in [2.24, 2.45) is 0 Å². The maximum atomic E-state index is 14.1. The van der Waals surface area contributed by atoms with E-state index in [4.69, 9.17) is 9.47 Å². The number of anilines is 1. The summed E-state index contributed by atoms with van der Waals surface area (Å²) in [7, 11) is -1.41. The lowest BCUT2D eigenvalue weighted by atomic mass is 10.0. The van der Waals surface area contributed by atoms with E-state index in [9.17, 15) is 18.0 Å². The third-order valence-electron chi connectivity index (χ3n) is 6.27. The molecular weight excluding hydrogens is 571 g/mol. The molecule has 2 aromatic carbocycles. The fraction of sp³-hybridized carbons (Fsp3) is 0.417. The van der Waals surface area contributed by atoms with Gasteiger partial charge < -0.3 is 9.47 Å². The van der Waals surface area contributed by atoms with Gasteiger partial charge in [0.25, 0.3) is 5.91 Å². The highest BCUT2D eigenvalue weighted by molar-refractivity contribution is 14.1. The van der Waals surface area contributed by atoms with Crippen molar-refractivity contribution in [3.05, 3.63) is 56.2 Å². The summed E-state index contributed by atoms with van der Waals surface area (Å²) in [6.45, 7) is 6.94. The zero-order valence-electron chi connectivity index (χ0n) is 20.1. The molecule has 1 fully saturated rings. The molecule has 0 radical (unpaired) electrons. The molecule has 8 nitrogen and oxygen atoms in total. The number of aryl methyl sites for hydroxylation is 2. The number of hydrogen-bond donors (Lipinski definition) is 0. The Hall–Kier alpha value is -1.86. The standard InChI is InChI=1S/C24H29IN2O6S/c1-14-11-15(2)17(4)23(16(14)3)34(30,31)26(13-22(32-5)33-6)20-12-21(28)27(24(20)29)19-9-7-18(25)8-10-19/h7-11,20,22H,12-13H2,1-6H3. The third-order valence-corrected chi connectivity index (χ3v) is 9.14. The number of rotatable bonds is 8. The lowest BCUT2D eigenvalue weighted by molar-refractivity contribution is -0.125. The SMILES string of the molecule is COC(CN(C1CC(=O)N(c2ccc(I)cc2)C1=O)S(=O)(=O)c1c(C)c(C)cc(C)c1C)OC. The number of imide groups is 1. The number of halogens is 1. The van der Waals surface area contributed by atoms with Crippen LogP contribution in [0, 0.1) is 31.3 Å². The van der Waals surface area contributed by atoms with E-state index < -0.39 is 34.2 Å². The molecule has 10 heteroatoms. The van der Waals surface area contributed by atoms with Crippen molar-refractivity contribution in [2.45, 2.75) is 51.3 Å². The number of sulfonamides is 1. The highest BCUT2D eigenvalue weighted by Crippen LogP contribution is 2.34. The van der Waals surface area contributed by atoms with Crippen molar-refractivity contribution >= 4 is 50.1 Å². The normalized spacial score (nSPS) is 16.9. The quantitative estimate of drug-likeness (QED) is 0.262. The Balaban J connectivity index is 2.13. The van der Waals surface area contributed by atoms with Crippen molar-refractivity contribution in [3.8, 4) is 0 Å². The van der Waals surface area contributed by atoms with Gasteiger partial charge in [0.15, 0.2) is 6.29 Å². The highest BCUT2D eigenvalue weighted by atomic mass is 127. The summed E-state index contributed by atoms with van der Waals surface area (Å²) in [5, 5.41) is 0. The summed E-state index contributed by atoms with van der Waals surface area (Å²) in [6, 6.07) is 7.63. The minimum Gasteiger partial charge on any atom is -0.354 e. The van der Waals surface area contributed by atoms with Gasteiger partial charge in [0.05, 0.1) is 23.5 Å². The molecule has 184 valence electrons. The van der Waals surface area contributed by atoms with E-state index in [0.717, 1.165) is 23.9 Å². The van der Waals surface area contributed by atoms with Gasteiger partial charge in [-0.25, -0.2) is 13.3 Å². The van der Waals surface area contributed by atoms with E-state index in [-0.39, 0.29) is 17.9 Å². The molecule has 3 rings (SSSR count). The monoisotopic (exact) mass is 600 g/mol. The van der Waals surface area contributed by atoms with E-state index in [1.165, 1.54) is 14.2 Å². The van der Waals surface area contributed by atoms with E-state index in [0.29, 0.717) is 16.8 Å². The lowest BCUT2D eigenvalue weighted by Crippen LogP contribution is -2.49. The first kappa shape index (κ1) is 26.7. The summed E-state index contributed by atoms with van der Waals surface area (Å²) in [6.07, 6.45) is -1.19. The largest absolute Gasteiger partial charge is 0.354 e. The summed E-state index contributed by atoms with van der Waals surface area (Å²) in [4.78, 5) is 27.6. The second kappa shape index (κ2) is 10.4. The second-order valence-electron chi connectivity index (χ2n) is 8.33. The van der Waals surface area contributed by atoms with Gasteiger partial charge in [-0.3, -0.25) is 9.59 Å². The number of ether oxygens (including phenoxy) is 2. The van der Waals surface area contributed by atoms with Crippen molar-refractivity contribution < 1.29 is 27.5 Å². The van der Waals surface area contributed by atoms with Gasteiger partial charge in [-0.05, 0) is 96.8 Å². The van der Waals surface area contributed by atoms with Crippen LogP contribution in [0.25, 0.3) is 0 Å². The van der Waals surface area contributed by atoms with Gasteiger partial charge in [-0.1, -0.05) is 6.07 Å². The first-order valence-corrected chi connectivity index (χ1v) is 13.2. The minimum atomic E-state index is -4.20. The van der Waals surface area contributed by atoms with Crippen LogP contribution in [-0.4, -0.2) is 57.6 Å². The summed E-state index contributed by atoms with van der Waals surface area (Å²) < 4.78 is 40.8. The molecule has 0 bridgehead atoms. The van der Waals surface area contributed by atoms with Crippen LogP contribution in [0.5, 0.6) is 0 Å². The van der Waals surface area contributed by atoms with Gasteiger partial charge in [0.1, 0.15) is 6.04 Å². The van der Waals surface area contributed by atoms with Crippen LogP contribution in [-0.2, 0) is 29.1 Å². The number of benzene rings is 2. The fourth-order valence-electron chi connectivity index (χ4n) is 4.17. The molecule has 1 aliphatic heterocycles. The molecule has 2 aromatic rings. The van der Waals surface area contributed by atoms with E-state index in [1.54, 1.807) is 38.1 Å². The summed E-state index contributed by atoms with van der Waals surface area (Å²) in [5.74, 6) is -1.06. The smallest absolute Gasteiger partial charge is 0.252 e. The molecule has 1 atom stereocenters.